The summed E-state index contributed by atoms with van der Waals surface area (Å²) in [5.74, 6) is -0.105. The molecule has 0 aromatic carbocycles. The van der Waals surface area contributed by atoms with E-state index < -0.39 is 16.1 Å². The smallest absolute Gasteiger partial charge is 0.303 e. The molecule has 0 aromatic heterocycles. The number of carbonyl (C=O) groups is 1. The number of carbonyl (C=O) groups excluding carboxylic acids is 1. The fourth-order valence-corrected chi connectivity index (χ4v) is 2.93. The van der Waals surface area contributed by atoms with Gasteiger partial charge in [-0.3, -0.25) is 4.79 Å². The van der Waals surface area contributed by atoms with Crippen LogP contribution in [0.1, 0.15) is 33.1 Å². The van der Waals surface area contributed by atoms with Crippen molar-refractivity contribution in [3.8, 4) is 0 Å². The fraction of sp³-hybridized carbons (Fsp3) is 0.909. The third-order valence-corrected chi connectivity index (χ3v) is 4.10. The van der Waals surface area contributed by atoms with Gasteiger partial charge in [-0.15, -0.1) is 0 Å². The summed E-state index contributed by atoms with van der Waals surface area (Å²) in [4.78, 5) is 11.5. The van der Waals surface area contributed by atoms with Gasteiger partial charge in [0.15, 0.2) is 0 Å². The molecule has 0 atom stereocenters. The quantitative estimate of drug-likeness (QED) is 0.688. The first-order valence-corrected chi connectivity index (χ1v) is 7.74. The third kappa shape index (κ3) is 5.32. The first-order chi connectivity index (χ1) is 8.42. The van der Waals surface area contributed by atoms with E-state index in [0.29, 0.717) is 25.6 Å². The summed E-state index contributed by atoms with van der Waals surface area (Å²) in [6.07, 6.45) is 1.78. The first-order valence-electron chi connectivity index (χ1n) is 6.30. The molecule has 1 fully saturated rings. The third-order valence-electron chi connectivity index (χ3n) is 2.57. The van der Waals surface area contributed by atoms with Gasteiger partial charge in [-0.2, -0.15) is 12.7 Å². The Morgan fingerprint density at radius 2 is 1.94 bits per heavy atom. The van der Waals surface area contributed by atoms with Crippen LogP contribution in [0.25, 0.3) is 0 Å². The van der Waals surface area contributed by atoms with E-state index in [-0.39, 0.29) is 13.0 Å². The summed E-state index contributed by atoms with van der Waals surface area (Å²) in [5, 5.41) is 0. The molecule has 0 bridgehead atoms. The second-order valence-corrected chi connectivity index (χ2v) is 6.53. The number of rotatable bonds is 7. The number of ether oxygens (including phenoxy) is 1. The van der Waals surface area contributed by atoms with Gasteiger partial charge in [-0.05, 0) is 18.8 Å². The second kappa shape index (κ2) is 7.06. The molecule has 106 valence electrons. The highest BCUT2D eigenvalue weighted by Crippen LogP contribution is 2.11. The highest BCUT2D eigenvalue weighted by Gasteiger charge is 2.26. The Morgan fingerprint density at radius 1 is 1.33 bits per heavy atom. The summed E-state index contributed by atoms with van der Waals surface area (Å²) in [6.45, 7) is 5.83. The number of nitrogens with zero attached hydrogens (tertiary/aromatic N) is 1. The van der Waals surface area contributed by atoms with Crippen LogP contribution in [0.5, 0.6) is 0 Å². The van der Waals surface area contributed by atoms with Crippen LogP contribution in [-0.4, -0.2) is 44.9 Å². The lowest BCUT2D eigenvalue weighted by molar-refractivity contribution is -0.120. The van der Waals surface area contributed by atoms with Gasteiger partial charge in [0.25, 0.3) is 0 Å². The van der Waals surface area contributed by atoms with E-state index >= 15 is 0 Å². The predicted molar refractivity (Wildman–Crippen MR) is 68.1 cm³/mol. The van der Waals surface area contributed by atoms with Gasteiger partial charge in [0.2, 0.25) is 5.91 Å². The normalized spacial score (nSPS) is 17.3. The van der Waals surface area contributed by atoms with Crippen molar-refractivity contribution in [1.29, 1.82) is 0 Å². The van der Waals surface area contributed by atoms with Crippen LogP contribution in [0, 0.1) is 5.92 Å². The van der Waals surface area contributed by atoms with Gasteiger partial charge in [0.1, 0.15) is 0 Å². The molecule has 6 nitrogen and oxygen atoms in total. The molecular weight excluding hydrogens is 256 g/mol. The minimum Gasteiger partial charge on any atom is -0.381 e. The Bertz CT molecular complexity index is 361. The van der Waals surface area contributed by atoms with E-state index in [1.165, 1.54) is 4.31 Å². The van der Waals surface area contributed by atoms with E-state index in [2.05, 4.69) is 4.72 Å². The number of hydrogen-bond acceptors (Lipinski definition) is 4. The van der Waals surface area contributed by atoms with Gasteiger partial charge in [0.05, 0.1) is 13.0 Å². The van der Waals surface area contributed by atoms with Crippen molar-refractivity contribution in [2.24, 2.45) is 5.92 Å². The van der Waals surface area contributed by atoms with Gasteiger partial charge < -0.3 is 4.74 Å². The van der Waals surface area contributed by atoms with Crippen molar-refractivity contribution >= 4 is 16.1 Å². The van der Waals surface area contributed by atoms with Crippen molar-refractivity contribution in [3.05, 3.63) is 0 Å². The van der Waals surface area contributed by atoms with Crippen LogP contribution >= 0.6 is 0 Å². The maximum absolute atomic E-state index is 11.7. The zero-order chi connectivity index (χ0) is 13.6. The Labute approximate surface area is 109 Å². The summed E-state index contributed by atoms with van der Waals surface area (Å²) in [5.41, 5.74) is 0. The van der Waals surface area contributed by atoms with Gasteiger partial charge in [-0.25, -0.2) is 4.72 Å². The SMILES string of the molecule is CC(C)COCCC(=O)NS(=O)(=O)N1CCCC1. The average molecular weight is 278 g/mol. The topological polar surface area (TPSA) is 75.7 Å². The van der Waals surface area contributed by atoms with E-state index in [0.717, 1.165) is 12.8 Å². The molecule has 0 unspecified atom stereocenters. The largest absolute Gasteiger partial charge is 0.381 e. The molecule has 1 N–H and O–H groups in total. The fourth-order valence-electron chi connectivity index (χ4n) is 1.67. The summed E-state index contributed by atoms with van der Waals surface area (Å²) in [6, 6.07) is 0. The van der Waals surface area contributed by atoms with Gasteiger partial charge >= 0.3 is 10.2 Å². The summed E-state index contributed by atoms with van der Waals surface area (Å²) < 4.78 is 32.1. The number of amides is 1. The number of hydrogen-bond donors (Lipinski definition) is 1. The predicted octanol–water partition coefficient (Wildman–Crippen LogP) is 0.506. The molecule has 0 aliphatic carbocycles. The molecule has 1 rings (SSSR count). The Kier molecular flexibility index (Phi) is 6.04. The van der Waals surface area contributed by atoms with E-state index in [1.807, 2.05) is 13.8 Å². The lowest BCUT2D eigenvalue weighted by atomic mass is 10.2. The minimum atomic E-state index is -3.63. The van der Waals surface area contributed by atoms with Crippen molar-refractivity contribution < 1.29 is 17.9 Å². The maximum atomic E-state index is 11.7. The van der Waals surface area contributed by atoms with Crippen LogP contribution in [0.4, 0.5) is 0 Å². The minimum absolute atomic E-state index is 0.0692. The number of nitrogens with one attached hydrogen (secondary N) is 1. The first kappa shape index (κ1) is 15.4. The maximum Gasteiger partial charge on any atom is 0.303 e. The molecule has 18 heavy (non-hydrogen) atoms. The lowest BCUT2D eigenvalue weighted by Crippen LogP contribution is -2.42. The van der Waals surface area contributed by atoms with Crippen LogP contribution in [0.15, 0.2) is 0 Å². The monoisotopic (exact) mass is 278 g/mol. The summed E-state index contributed by atoms with van der Waals surface area (Å²) in [7, 11) is -3.63. The van der Waals surface area contributed by atoms with E-state index in [9.17, 15) is 13.2 Å². The molecule has 1 aliphatic rings. The van der Waals surface area contributed by atoms with Crippen LogP contribution in [-0.2, 0) is 19.7 Å². The van der Waals surface area contributed by atoms with Crippen LogP contribution in [0.2, 0.25) is 0 Å². The van der Waals surface area contributed by atoms with Gasteiger partial charge in [-0.1, -0.05) is 13.8 Å². The van der Waals surface area contributed by atoms with Gasteiger partial charge in [0, 0.05) is 19.7 Å². The van der Waals surface area contributed by atoms with Crippen molar-refractivity contribution in [3.63, 3.8) is 0 Å². The Balaban J connectivity index is 2.26. The van der Waals surface area contributed by atoms with Crippen LogP contribution < -0.4 is 4.72 Å². The van der Waals surface area contributed by atoms with Crippen LogP contribution in [0.3, 0.4) is 0 Å². The van der Waals surface area contributed by atoms with Crippen molar-refractivity contribution in [2.45, 2.75) is 33.1 Å². The molecule has 1 amide bonds. The second-order valence-electron chi connectivity index (χ2n) is 4.86. The molecular formula is C11H22N2O4S. The molecule has 0 radical (unpaired) electrons. The molecule has 7 heteroatoms. The summed E-state index contributed by atoms with van der Waals surface area (Å²) >= 11 is 0. The highest BCUT2D eigenvalue weighted by atomic mass is 32.2. The molecule has 1 heterocycles. The highest BCUT2D eigenvalue weighted by molar-refractivity contribution is 7.87. The molecule has 0 spiro atoms. The molecule has 1 aliphatic heterocycles. The van der Waals surface area contributed by atoms with E-state index in [4.69, 9.17) is 4.74 Å². The molecule has 1 saturated heterocycles. The molecule has 0 saturated carbocycles. The molecule has 0 aromatic rings. The van der Waals surface area contributed by atoms with Crippen molar-refractivity contribution in [2.75, 3.05) is 26.3 Å². The lowest BCUT2D eigenvalue weighted by Gasteiger charge is -2.15. The zero-order valence-corrected chi connectivity index (χ0v) is 11.8. The van der Waals surface area contributed by atoms with E-state index in [1.54, 1.807) is 0 Å². The van der Waals surface area contributed by atoms with Crippen molar-refractivity contribution in [1.82, 2.24) is 9.03 Å². The standard InChI is InChI=1S/C11H22N2O4S/c1-10(2)9-17-8-5-11(14)12-18(15,16)13-6-3-4-7-13/h10H,3-9H2,1-2H3,(H,12,14). The Hall–Kier alpha value is -0.660. The Morgan fingerprint density at radius 3 is 2.50 bits per heavy atom. The average Bonchev–Trinajstić information content (AvgIpc) is 2.77. The zero-order valence-electron chi connectivity index (χ0n) is 11.0.